The van der Waals surface area contributed by atoms with Gasteiger partial charge in [0.1, 0.15) is 0 Å². The minimum absolute atomic E-state index is 1.08. The van der Waals surface area contributed by atoms with Crippen molar-refractivity contribution in [3.8, 4) is 16.8 Å². The highest BCUT2D eigenvalue weighted by molar-refractivity contribution is 6.12. The highest BCUT2D eigenvalue weighted by Crippen LogP contribution is 2.39. The lowest BCUT2D eigenvalue weighted by atomic mass is 10.00. The Hall–Kier alpha value is -4.30. The summed E-state index contributed by atoms with van der Waals surface area (Å²) in [6.45, 7) is 2.13. The topological polar surface area (TPSA) is 17.0 Å². The lowest BCUT2D eigenvalue weighted by Crippen LogP contribution is -1.97. The lowest BCUT2D eigenvalue weighted by molar-refractivity contribution is 1.17. The molecule has 1 N–H and O–H groups in total. The fourth-order valence-corrected chi connectivity index (χ4v) is 4.62. The monoisotopic (exact) mass is 424 g/mol. The van der Waals surface area contributed by atoms with E-state index in [2.05, 4.69) is 132 Å². The highest BCUT2D eigenvalue weighted by Gasteiger charge is 2.16. The molecule has 0 saturated carbocycles. The third kappa shape index (κ3) is 3.46. The van der Waals surface area contributed by atoms with Crippen LogP contribution in [0.2, 0.25) is 0 Å². The Bertz CT molecular complexity index is 1560. The normalized spacial score (nSPS) is 11.2. The number of nitrogens with zero attached hydrogens (tertiary/aromatic N) is 1. The molecule has 0 aliphatic carbocycles. The quantitative estimate of drug-likeness (QED) is 0.300. The van der Waals surface area contributed by atoms with Crippen LogP contribution in [0.1, 0.15) is 5.56 Å². The van der Waals surface area contributed by atoms with E-state index in [9.17, 15) is 0 Å². The molecule has 0 radical (unpaired) electrons. The molecule has 0 atom stereocenters. The highest BCUT2D eigenvalue weighted by atomic mass is 15.0. The van der Waals surface area contributed by atoms with Gasteiger partial charge in [0.15, 0.2) is 0 Å². The predicted molar refractivity (Wildman–Crippen MR) is 141 cm³/mol. The Morgan fingerprint density at radius 2 is 1.24 bits per heavy atom. The van der Waals surface area contributed by atoms with Crippen LogP contribution in [-0.4, -0.2) is 4.57 Å². The molecular formula is C31H24N2. The van der Waals surface area contributed by atoms with Crippen molar-refractivity contribution in [3.05, 3.63) is 127 Å². The van der Waals surface area contributed by atoms with E-state index in [0.717, 1.165) is 11.4 Å². The zero-order valence-electron chi connectivity index (χ0n) is 18.5. The molecule has 0 aliphatic rings. The number of rotatable bonds is 4. The van der Waals surface area contributed by atoms with Crippen molar-refractivity contribution in [2.24, 2.45) is 0 Å². The van der Waals surface area contributed by atoms with Gasteiger partial charge in [0.2, 0.25) is 0 Å². The Morgan fingerprint density at radius 3 is 2.00 bits per heavy atom. The van der Waals surface area contributed by atoms with Crippen LogP contribution in [0.5, 0.6) is 0 Å². The van der Waals surface area contributed by atoms with Gasteiger partial charge in [0, 0.05) is 33.4 Å². The molecule has 6 aromatic rings. The second-order valence-corrected chi connectivity index (χ2v) is 8.46. The maximum absolute atomic E-state index is 3.68. The number of fused-ring (bicyclic) bond motifs is 3. The van der Waals surface area contributed by atoms with Crippen LogP contribution in [0.4, 0.5) is 11.4 Å². The fraction of sp³-hybridized carbons (Fsp3) is 0.0323. The lowest BCUT2D eigenvalue weighted by Gasteiger charge is -2.15. The summed E-state index contributed by atoms with van der Waals surface area (Å²) >= 11 is 0. The second-order valence-electron chi connectivity index (χ2n) is 8.46. The molecule has 0 unspecified atom stereocenters. The van der Waals surface area contributed by atoms with Crippen LogP contribution in [0.15, 0.2) is 121 Å². The zero-order chi connectivity index (χ0) is 22.2. The number of nitrogens with one attached hydrogen (secondary N) is 1. The minimum atomic E-state index is 1.08. The van der Waals surface area contributed by atoms with Crippen molar-refractivity contribution in [3.63, 3.8) is 0 Å². The fourth-order valence-electron chi connectivity index (χ4n) is 4.62. The maximum atomic E-state index is 3.68. The first-order valence-electron chi connectivity index (χ1n) is 11.3. The van der Waals surface area contributed by atoms with Crippen molar-refractivity contribution in [1.82, 2.24) is 4.57 Å². The molecule has 1 heterocycles. The van der Waals surface area contributed by atoms with Gasteiger partial charge < -0.3 is 9.88 Å². The molecule has 0 bridgehead atoms. The molecule has 1 aromatic heterocycles. The van der Waals surface area contributed by atoms with E-state index in [1.54, 1.807) is 0 Å². The summed E-state index contributed by atoms with van der Waals surface area (Å²) in [5, 5.41) is 6.20. The average Bonchev–Trinajstić information content (AvgIpc) is 3.18. The summed E-state index contributed by atoms with van der Waals surface area (Å²) in [4.78, 5) is 0. The third-order valence-electron chi connectivity index (χ3n) is 6.24. The molecular weight excluding hydrogens is 400 g/mol. The molecule has 0 fully saturated rings. The summed E-state index contributed by atoms with van der Waals surface area (Å²) in [6, 6.07) is 43.1. The van der Waals surface area contributed by atoms with E-state index in [0.29, 0.717) is 0 Å². The van der Waals surface area contributed by atoms with Gasteiger partial charge in [0.05, 0.1) is 11.0 Å². The van der Waals surface area contributed by atoms with E-state index in [1.165, 1.54) is 44.2 Å². The number of hydrogen-bond acceptors (Lipinski definition) is 1. The summed E-state index contributed by atoms with van der Waals surface area (Å²) in [5.41, 5.74) is 9.40. The van der Waals surface area contributed by atoms with Crippen molar-refractivity contribution in [1.29, 1.82) is 0 Å². The maximum Gasteiger partial charge on any atom is 0.0562 e. The first-order valence-corrected chi connectivity index (χ1v) is 11.3. The van der Waals surface area contributed by atoms with Gasteiger partial charge in [-0.05, 0) is 55.0 Å². The van der Waals surface area contributed by atoms with Crippen LogP contribution in [0, 0.1) is 6.92 Å². The van der Waals surface area contributed by atoms with Gasteiger partial charge in [-0.1, -0.05) is 84.4 Å². The second kappa shape index (κ2) is 7.99. The average molecular weight is 425 g/mol. The van der Waals surface area contributed by atoms with Crippen molar-refractivity contribution < 1.29 is 0 Å². The van der Waals surface area contributed by atoms with Gasteiger partial charge in [-0.15, -0.1) is 0 Å². The summed E-state index contributed by atoms with van der Waals surface area (Å²) in [7, 11) is 0. The van der Waals surface area contributed by atoms with Crippen LogP contribution < -0.4 is 5.32 Å². The number of aryl methyl sites for hydroxylation is 1. The number of para-hydroxylation sites is 2. The third-order valence-corrected chi connectivity index (χ3v) is 6.24. The van der Waals surface area contributed by atoms with E-state index >= 15 is 0 Å². The Labute approximate surface area is 193 Å². The van der Waals surface area contributed by atoms with Gasteiger partial charge in [0.25, 0.3) is 0 Å². The standard InChI is InChI=1S/C31H24N2/c1-22-16-18-25(19-17-22)33-30-15-9-8-14-26(30)28-20-27(23-10-4-2-5-11-23)29(21-31(28)33)32-24-12-6-3-7-13-24/h2-21,32H,1H3. The number of anilines is 2. The molecule has 2 nitrogen and oxygen atoms in total. The molecule has 0 amide bonds. The number of hydrogen-bond donors (Lipinski definition) is 1. The molecule has 6 rings (SSSR count). The molecule has 0 aliphatic heterocycles. The van der Waals surface area contributed by atoms with Crippen LogP contribution in [0.25, 0.3) is 38.6 Å². The predicted octanol–water partition coefficient (Wildman–Crippen LogP) is 8.50. The molecule has 0 saturated heterocycles. The van der Waals surface area contributed by atoms with Gasteiger partial charge in [-0.25, -0.2) is 0 Å². The minimum Gasteiger partial charge on any atom is -0.355 e. The van der Waals surface area contributed by atoms with E-state index in [-0.39, 0.29) is 0 Å². The first-order chi connectivity index (χ1) is 16.3. The molecule has 2 heteroatoms. The molecule has 0 spiro atoms. The van der Waals surface area contributed by atoms with Gasteiger partial charge in [-0.2, -0.15) is 0 Å². The number of benzene rings is 5. The van der Waals surface area contributed by atoms with Crippen molar-refractivity contribution >= 4 is 33.2 Å². The zero-order valence-corrected chi connectivity index (χ0v) is 18.5. The molecule has 158 valence electrons. The van der Waals surface area contributed by atoms with E-state index in [4.69, 9.17) is 0 Å². The molecule has 33 heavy (non-hydrogen) atoms. The van der Waals surface area contributed by atoms with E-state index in [1.807, 2.05) is 6.07 Å². The summed E-state index contributed by atoms with van der Waals surface area (Å²) in [5.74, 6) is 0. The smallest absolute Gasteiger partial charge is 0.0562 e. The first kappa shape index (κ1) is 19.4. The van der Waals surface area contributed by atoms with E-state index < -0.39 is 0 Å². The van der Waals surface area contributed by atoms with Gasteiger partial charge in [-0.3, -0.25) is 0 Å². The summed E-state index contributed by atoms with van der Waals surface area (Å²) in [6.07, 6.45) is 0. The Kier molecular flexibility index (Phi) is 4.70. The molecule has 5 aromatic carbocycles. The van der Waals surface area contributed by atoms with Crippen LogP contribution in [-0.2, 0) is 0 Å². The Morgan fingerprint density at radius 1 is 0.576 bits per heavy atom. The Balaban J connectivity index is 1.68. The van der Waals surface area contributed by atoms with Crippen LogP contribution >= 0.6 is 0 Å². The SMILES string of the molecule is Cc1ccc(-n2c3ccccc3c3cc(-c4ccccc4)c(Nc4ccccc4)cc32)cc1. The van der Waals surface area contributed by atoms with Crippen molar-refractivity contribution in [2.45, 2.75) is 6.92 Å². The largest absolute Gasteiger partial charge is 0.355 e. The van der Waals surface area contributed by atoms with Crippen molar-refractivity contribution in [2.75, 3.05) is 5.32 Å². The van der Waals surface area contributed by atoms with Gasteiger partial charge >= 0.3 is 0 Å². The summed E-state index contributed by atoms with van der Waals surface area (Å²) < 4.78 is 2.37. The van der Waals surface area contributed by atoms with Crippen LogP contribution in [0.3, 0.4) is 0 Å². The number of aromatic nitrogens is 1.